The lowest BCUT2D eigenvalue weighted by atomic mass is 9.98. The van der Waals surface area contributed by atoms with E-state index in [1.54, 1.807) is 98.6 Å². The number of carbonyl (C=O) groups is 6. The number of likely N-dealkylation sites (N-methyl/N-ethyl adjacent to an activating group) is 2. The maximum absolute atomic E-state index is 16.4. The molecule has 5 atom stereocenters. The molecule has 0 spiro atoms. The second kappa shape index (κ2) is 50.1. The molecular weight excluding hydrogens is 2040 g/mol. The lowest BCUT2D eigenvalue weighted by Crippen LogP contribution is -2.55. The first-order valence-corrected chi connectivity index (χ1v) is 68.4. The largest absolute Gasteiger partial charge is 0.306 e. The van der Waals surface area contributed by atoms with Crippen LogP contribution in [0.1, 0.15) is 338 Å². The monoisotopic (exact) mass is 2180 g/mol. The summed E-state index contributed by atoms with van der Waals surface area (Å²) in [7, 11) is -4.41. The molecular formula is C118H148N6O6S12Si2. The predicted molar refractivity (Wildman–Crippen MR) is 640 cm³/mol. The van der Waals surface area contributed by atoms with Gasteiger partial charge in [0.15, 0.2) is 0 Å². The Bertz CT molecular complexity index is 6400. The Morgan fingerprint density at radius 2 is 0.618 bits per heavy atom. The number of thiocarbonyl (C=S) groups is 2. The Balaban J connectivity index is 0.771. The van der Waals surface area contributed by atoms with Crippen LogP contribution < -0.4 is 20.7 Å². The third-order valence-electron chi connectivity index (χ3n) is 31.5. The van der Waals surface area contributed by atoms with Crippen LogP contribution >= 0.6 is 139 Å². The number of thioether (sulfide) groups is 2. The summed E-state index contributed by atoms with van der Waals surface area (Å²) in [4.78, 5) is 123. The van der Waals surface area contributed by atoms with Gasteiger partial charge >= 0.3 is 0 Å². The quantitative estimate of drug-likeness (QED) is 0.0158. The summed E-state index contributed by atoms with van der Waals surface area (Å²) in [6.45, 7) is 32.2. The van der Waals surface area contributed by atoms with E-state index in [9.17, 15) is 9.59 Å². The fraction of sp³-hybridized carbons (Fsp3) is 0.508. The van der Waals surface area contributed by atoms with E-state index in [0.717, 1.165) is 174 Å². The normalized spacial score (nSPS) is 18.0. The Kier molecular flexibility index (Phi) is 37.8. The maximum atomic E-state index is 16.4. The zero-order valence-electron chi connectivity index (χ0n) is 87.2. The van der Waals surface area contributed by atoms with Gasteiger partial charge in [0.2, 0.25) is 0 Å². The van der Waals surface area contributed by atoms with E-state index < -0.39 is 16.9 Å². The molecule has 0 bridgehead atoms. The fourth-order valence-corrected chi connectivity index (χ4v) is 45.4. The van der Waals surface area contributed by atoms with Gasteiger partial charge in [-0.25, -0.2) is 0 Å². The summed E-state index contributed by atoms with van der Waals surface area (Å²) >= 11 is 28.2. The van der Waals surface area contributed by atoms with Crippen molar-refractivity contribution in [1.82, 2.24) is 29.4 Å². The number of nitrogens with zero attached hydrogens (tertiary/aromatic N) is 6. The molecule has 2 saturated heterocycles. The molecule has 2 fully saturated rings. The summed E-state index contributed by atoms with van der Waals surface area (Å²) < 4.78 is 1.18. The lowest BCUT2D eigenvalue weighted by molar-refractivity contribution is -0.124. The van der Waals surface area contributed by atoms with Crippen molar-refractivity contribution in [3.05, 3.63) is 158 Å². The minimum absolute atomic E-state index is 0.0505. The van der Waals surface area contributed by atoms with E-state index in [-0.39, 0.29) is 59.1 Å². The van der Waals surface area contributed by atoms with E-state index in [0.29, 0.717) is 80.0 Å². The van der Waals surface area contributed by atoms with Gasteiger partial charge in [-0.2, -0.15) is 0 Å². The molecule has 0 aliphatic carbocycles. The zero-order valence-corrected chi connectivity index (χ0v) is 99.2. The molecule has 144 heavy (non-hydrogen) atoms. The predicted octanol–water partition coefficient (Wildman–Crippen LogP) is 32.7. The Morgan fingerprint density at radius 1 is 0.299 bits per heavy atom. The number of thiophene rings is 8. The zero-order chi connectivity index (χ0) is 101. The van der Waals surface area contributed by atoms with Crippen molar-refractivity contribution in [3.8, 4) is 59.9 Å². The van der Waals surface area contributed by atoms with Crippen LogP contribution in [0.25, 0.3) is 94.8 Å². The summed E-state index contributed by atoms with van der Waals surface area (Å²) in [6, 6.07) is 41.0. The molecule has 0 saturated carbocycles. The molecule has 6 amide bonds. The SMILES string of the molecule is CCCCCCCC[SiH]1c2cc3c(cc2-c2sc(-c4ccc(C5=C6C(=O)N(CC(CC)CCCC)C(c7ccc(-c8ccc(/C=C9/SC(=S)N(CC)C9=O)s8)s7)=C6C(=O)N5CC(CC)CCCC)s4)cc21)[Si](CCCCCCCC)(CCCCCCCC)c1cc(-c2ccc(C4=C5C(=O)N(CC(CC)CCCC)C(c6ccc(-c7ccc(/C=C8/SC(=S)N(CC)C8=O)s7)s6)=C5C(=O)N4CC(CC)CCCC)s2)sc1-3. The summed E-state index contributed by atoms with van der Waals surface area (Å²) in [5, 5.41) is 6.55. The van der Waals surface area contributed by atoms with Crippen LogP contribution in [-0.2, 0) is 28.8 Å². The first-order valence-electron chi connectivity index (χ1n) is 55.0. The highest BCUT2D eigenvalue weighted by Gasteiger charge is 2.54. The molecule has 0 N–H and O–H groups in total. The third kappa shape index (κ3) is 22.5. The van der Waals surface area contributed by atoms with E-state index in [1.165, 1.54) is 198 Å². The Morgan fingerprint density at radius 3 is 0.972 bits per heavy atom. The highest BCUT2D eigenvalue weighted by Crippen LogP contribution is 2.57. The summed E-state index contributed by atoms with van der Waals surface area (Å²) in [5.41, 5.74) is 8.37. The number of benzene rings is 1. The molecule has 8 aliphatic heterocycles. The molecule has 17 rings (SSSR count). The molecule has 16 heterocycles. The van der Waals surface area contributed by atoms with Crippen molar-refractivity contribution in [1.29, 1.82) is 0 Å². The first-order chi connectivity index (χ1) is 70.1. The van der Waals surface area contributed by atoms with Crippen molar-refractivity contribution in [2.24, 2.45) is 23.7 Å². The van der Waals surface area contributed by atoms with Crippen molar-refractivity contribution < 1.29 is 28.8 Å². The number of carbonyl (C=O) groups excluding carboxylic acids is 6. The molecule has 9 aromatic rings. The standard InChI is InChI=1S/C118H148N6O6S12Si2/c1-14-27-34-37-40-43-62-143-97-67-82-99(68-81(97)109-98(143)69-93(139-109)87-56-60-91(137-87)107-103-101(113(127)123(107)73-77(23-10)48-32-19-6)105(121(115(103)129)71-75(21-8)46-30-17-4)89-58-54-85(135-89)83-52-50-79(133-83)65-95-111(125)119(25-12)117(131)141-95)144(63-44-41-38-35-28-15-2,64-45-42-39-36-29-16-3)100-70-94(140-110(82)100)88-57-61-92(138-88)108-104-102(114(128)124(108)74-78(24-11)49-33-20-7)106(122(116(104)130)72-76(22-9)47-31-18-5)90-59-55-86(136-90)84-53-51-80(134-84)66-96-112(126)120(26-13)118(132)142-96/h50-61,65-70,75-78,143H,14-49,62-64,71-74H2,1-13H3/b95-65+,96-66+. The number of hydrogen-bond donors (Lipinski definition) is 0. The van der Waals surface area contributed by atoms with Gasteiger partial charge in [-0.05, 0) is 204 Å². The topological polar surface area (TPSA) is 122 Å². The highest BCUT2D eigenvalue weighted by molar-refractivity contribution is 8.27. The Labute approximate surface area is 912 Å². The fourth-order valence-electron chi connectivity index (χ4n) is 23.1. The van der Waals surface area contributed by atoms with Crippen LogP contribution in [0.4, 0.5) is 0 Å². The number of hydrogen-bond acceptors (Lipinski definition) is 18. The van der Waals surface area contributed by atoms with E-state index in [4.69, 9.17) is 24.4 Å². The van der Waals surface area contributed by atoms with E-state index in [1.807, 2.05) is 58.5 Å². The third-order valence-corrected chi connectivity index (χ3v) is 52.9. The minimum atomic E-state index is -2.54. The van der Waals surface area contributed by atoms with Gasteiger partial charge in [-0.1, -0.05) is 335 Å². The number of amides is 6. The van der Waals surface area contributed by atoms with Crippen LogP contribution in [0.2, 0.25) is 18.1 Å². The summed E-state index contributed by atoms with van der Waals surface area (Å²) in [5.74, 6) is 0.693. The minimum Gasteiger partial charge on any atom is -0.306 e. The van der Waals surface area contributed by atoms with Crippen molar-refractivity contribution in [2.75, 3.05) is 39.3 Å². The van der Waals surface area contributed by atoms with Crippen LogP contribution in [-0.4, -0.2) is 130 Å². The van der Waals surface area contributed by atoms with Gasteiger partial charge < -0.3 is 19.6 Å². The maximum Gasteiger partial charge on any atom is 0.266 e. The van der Waals surface area contributed by atoms with Crippen LogP contribution in [0.5, 0.6) is 0 Å². The van der Waals surface area contributed by atoms with Gasteiger partial charge in [0.05, 0.1) is 74.4 Å². The second-order valence-electron chi connectivity index (χ2n) is 41.1. The van der Waals surface area contributed by atoms with Gasteiger partial charge in [0.1, 0.15) is 25.5 Å². The van der Waals surface area contributed by atoms with Crippen LogP contribution in [0.15, 0.2) is 129 Å². The van der Waals surface area contributed by atoms with Gasteiger partial charge in [0, 0.05) is 97.8 Å². The summed E-state index contributed by atoms with van der Waals surface area (Å²) in [6.07, 6.45) is 42.8. The van der Waals surface area contributed by atoms with Crippen molar-refractivity contribution in [3.63, 3.8) is 0 Å². The molecule has 766 valence electrons. The highest BCUT2D eigenvalue weighted by atomic mass is 32.2. The first kappa shape index (κ1) is 109. The van der Waals surface area contributed by atoms with Gasteiger partial charge in [0.25, 0.3) is 35.4 Å². The molecule has 5 unspecified atom stereocenters. The molecule has 8 aliphatic rings. The average molecular weight is 2190 g/mol. The molecule has 0 radical (unpaired) electrons. The number of rotatable bonds is 57. The number of unbranched alkanes of at least 4 members (excludes halogenated alkanes) is 19. The molecule has 12 nitrogen and oxygen atoms in total. The van der Waals surface area contributed by atoms with Crippen molar-refractivity contribution in [2.45, 2.75) is 326 Å². The smallest absolute Gasteiger partial charge is 0.266 e. The molecule has 8 aromatic heterocycles. The lowest BCUT2D eigenvalue weighted by Gasteiger charge is -2.30. The van der Waals surface area contributed by atoms with Gasteiger partial charge in [-0.15, -0.1) is 90.7 Å². The second-order valence-corrected chi connectivity index (χ2v) is 60.3. The molecule has 1 aromatic carbocycles. The van der Waals surface area contributed by atoms with Crippen molar-refractivity contribution >= 4 is 255 Å². The Hall–Kier alpha value is -6.61. The van der Waals surface area contributed by atoms with E-state index >= 15 is 19.2 Å². The van der Waals surface area contributed by atoms with Crippen LogP contribution in [0.3, 0.4) is 0 Å². The molecule has 26 heteroatoms. The van der Waals surface area contributed by atoms with Crippen LogP contribution in [0, 0.1) is 23.7 Å². The van der Waals surface area contributed by atoms with E-state index in [2.05, 4.69) is 183 Å². The number of fused-ring (bicyclic) bond motifs is 8. The average Bonchev–Trinajstić information content (AvgIpc) is 1.53. The van der Waals surface area contributed by atoms with Gasteiger partial charge in [-0.3, -0.25) is 38.6 Å².